The van der Waals surface area contributed by atoms with Gasteiger partial charge in [-0.15, -0.1) is 0 Å². The Labute approximate surface area is 245 Å². The summed E-state index contributed by atoms with van der Waals surface area (Å²) in [4.78, 5) is 12.8. The minimum absolute atomic E-state index is 0.00471. The van der Waals surface area contributed by atoms with Gasteiger partial charge in [-0.2, -0.15) is 0 Å². The van der Waals surface area contributed by atoms with Crippen molar-refractivity contribution >= 4 is 5.97 Å². The van der Waals surface area contributed by atoms with Crippen LogP contribution in [0.3, 0.4) is 0 Å². The Balaban J connectivity index is 1.67. The summed E-state index contributed by atoms with van der Waals surface area (Å²) in [5, 5.41) is 0. The topological polar surface area (TPSA) is 44.8 Å². The van der Waals surface area contributed by atoms with Gasteiger partial charge in [0, 0.05) is 6.61 Å². The minimum atomic E-state index is -0.377. The van der Waals surface area contributed by atoms with Crippen LogP contribution in [0.1, 0.15) is 152 Å². The monoisotopic (exact) mass is 552 g/mol. The van der Waals surface area contributed by atoms with Crippen LogP contribution >= 0.6 is 0 Å². The highest BCUT2D eigenvalue weighted by Gasteiger charge is 2.14. The summed E-state index contributed by atoms with van der Waals surface area (Å²) < 4.78 is 17.7. The molecule has 2 aromatic carbocycles. The molecule has 0 bridgehead atoms. The summed E-state index contributed by atoms with van der Waals surface area (Å²) in [6, 6.07) is 15.0. The van der Waals surface area contributed by atoms with E-state index in [-0.39, 0.29) is 12.1 Å². The molecule has 0 spiro atoms. The minimum Gasteiger partial charge on any atom is -0.490 e. The maximum absolute atomic E-state index is 12.8. The van der Waals surface area contributed by atoms with Crippen molar-refractivity contribution in [2.24, 2.45) is 0 Å². The van der Waals surface area contributed by atoms with Gasteiger partial charge >= 0.3 is 5.97 Å². The molecule has 4 nitrogen and oxygen atoms in total. The molecule has 1 unspecified atom stereocenters. The Morgan fingerprint density at radius 2 is 1.07 bits per heavy atom. The average molecular weight is 553 g/mol. The Kier molecular flexibility index (Phi) is 18.9. The van der Waals surface area contributed by atoms with Crippen LogP contribution in [0.2, 0.25) is 0 Å². The molecule has 2 aromatic rings. The number of rotatable bonds is 24. The normalized spacial score (nSPS) is 11.9. The summed E-state index contributed by atoms with van der Waals surface area (Å²) in [6.45, 7) is 7.99. The highest BCUT2D eigenvalue weighted by Crippen LogP contribution is 2.28. The van der Waals surface area contributed by atoms with Crippen LogP contribution in [0, 0.1) is 0 Å². The van der Waals surface area contributed by atoms with Crippen LogP contribution in [-0.2, 0) is 4.74 Å². The largest absolute Gasteiger partial charge is 0.490 e. The van der Waals surface area contributed by atoms with E-state index in [0.29, 0.717) is 23.7 Å². The van der Waals surface area contributed by atoms with E-state index in [1.165, 1.54) is 96.3 Å². The summed E-state index contributed by atoms with van der Waals surface area (Å²) >= 11 is 0. The number of ether oxygens (including phenoxy) is 3. The highest BCUT2D eigenvalue weighted by molar-refractivity contribution is 5.91. The number of carbonyl (C=O) groups excluding carboxylic acids is 1. The molecular weight excluding hydrogens is 496 g/mol. The zero-order chi connectivity index (χ0) is 28.7. The van der Waals surface area contributed by atoms with Crippen molar-refractivity contribution in [2.45, 2.75) is 136 Å². The van der Waals surface area contributed by atoms with Crippen LogP contribution < -0.4 is 9.47 Å². The Morgan fingerprint density at radius 1 is 0.600 bits per heavy atom. The molecule has 1 atom stereocenters. The molecule has 0 aromatic heterocycles. The molecule has 0 fully saturated rings. The molecule has 0 N–H and O–H groups in total. The van der Waals surface area contributed by atoms with Crippen LogP contribution in [0.4, 0.5) is 0 Å². The van der Waals surface area contributed by atoms with E-state index in [1.807, 2.05) is 42.5 Å². The number of unbranched alkanes of at least 4 members (excludes halogenated alkanes) is 15. The smallest absolute Gasteiger partial charge is 0.343 e. The Bertz CT molecular complexity index is 892. The molecule has 0 amide bonds. The van der Waals surface area contributed by atoms with Crippen molar-refractivity contribution in [1.82, 2.24) is 0 Å². The fraction of sp³-hybridized carbons (Fsp3) is 0.639. The van der Waals surface area contributed by atoms with E-state index in [1.54, 1.807) is 6.07 Å². The molecule has 224 valence electrons. The van der Waals surface area contributed by atoms with Crippen molar-refractivity contribution in [2.75, 3.05) is 13.2 Å². The van der Waals surface area contributed by atoms with E-state index in [0.717, 1.165) is 25.0 Å². The van der Waals surface area contributed by atoms with E-state index >= 15 is 0 Å². The van der Waals surface area contributed by atoms with Gasteiger partial charge in [0.2, 0.25) is 0 Å². The van der Waals surface area contributed by atoms with Gasteiger partial charge in [-0.05, 0) is 49.6 Å². The summed E-state index contributed by atoms with van der Waals surface area (Å²) in [5.41, 5.74) is 1.59. The van der Waals surface area contributed by atoms with Crippen LogP contribution in [0.5, 0.6) is 11.5 Å². The molecule has 0 aliphatic rings. The van der Waals surface area contributed by atoms with Gasteiger partial charge in [-0.25, -0.2) is 4.79 Å². The zero-order valence-corrected chi connectivity index (χ0v) is 25.8. The average Bonchev–Trinajstić information content (AvgIpc) is 2.98. The third-order valence-electron chi connectivity index (χ3n) is 7.54. The molecule has 0 saturated carbocycles. The lowest BCUT2D eigenvalue weighted by Gasteiger charge is -2.14. The first-order valence-electron chi connectivity index (χ1n) is 16.3. The standard InChI is InChI=1S/C36H56O4/c1-4-6-8-10-12-13-14-16-18-22-30-39-34-23-19-20-24-35(34)40-36(37)33-27-25-32(26-28-33)31(3)38-29-21-17-15-11-9-7-5-2/h19-20,23-28,31H,4-18,21-22,29-30H2,1-3H3. The van der Waals surface area contributed by atoms with E-state index in [4.69, 9.17) is 14.2 Å². The molecular formula is C36H56O4. The van der Waals surface area contributed by atoms with Gasteiger partial charge in [0.15, 0.2) is 11.5 Å². The highest BCUT2D eigenvalue weighted by atomic mass is 16.6. The second-order valence-corrected chi connectivity index (χ2v) is 11.1. The van der Waals surface area contributed by atoms with Crippen LogP contribution in [0.25, 0.3) is 0 Å². The van der Waals surface area contributed by atoms with E-state index in [2.05, 4.69) is 20.8 Å². The first-order chi connectivity index (χ1) is 19.7. The lowest BCUT2D eigenvalue weighted by molar-refractivity contribution is 0.0625. The van der Waals surface area contributed by atoms with Gasteiger partial charge in [-0.3, -0.25) is 0 Å². The fourth-order valence-corrected chi connectivity index (χ4v) is 4.89. The quantitative estimate of drug-likeness (QED) is 0.0738. The molecule has 4 heteroatoms. The Morgan fingerprint density at radius 3 is 1.62 bits per heavy atom. The number of esters is 1. The maximum Gasteiger partial charge on any atom is 0.343 e. The van der Waals surface area contributed by atoms with E-state index in [9.17, 15) is 4.79 Å². The van der Waals surface area contributed by atoms with Crippen molar-refractivity contribution in [3.8, 4) is 11.5 Å². The molecule has 0 aliphatic heterocycles. The second kappa shape index (κ2) is 22.4. The molecule has 2 rings (SSSR count). The number of hydrogen-bond acceptors (Lipinski definition) is 4. The summed E-state index contributed by atoms with van der Waals surface area (Å²) in [7, 11) is 0. The third-order valence-corrected chi connectivity index (χ3v) is 7.54. The predicted molar refractivity (Wildman–Crippen MR) is 168 cm³/mol. The first kappa shape index (κ1) is 33.9. The molecule has 0 aliphatic carbocycles. The van der Waals surface area contributed by atoms with Gasteiger partial charge in [0.05, 0.1) is 18.3 Å². The molecule has 40 heavy (non-hydrogen) atoms. The van der Waals surface area contributed by atoms with Crippen molar-refractivity contribution < 1.29 is 19.0 Å². The lowest BCUT2D eigenvalue weighted by Crippen LogP contribution is -2.10. The van der Waals surface area contributed by atoms with Crippen molar-refractivity contribution in [3.63, 3.8) is 0 Å². The summed E-state index contributed by atoms with van der Waals surface area (Å²) in [5.74, 6) is 0.712. The number of para-hydroxylation sites is 2. The molecule has 0 saturated heterocycles. The van der Waals surface area contributed by atoms with E-state index < -0.39 is 0 Å². The molecule has 0 heterocycles. The third kappa shape index (κ3) is 14.9. The number of hydrogen-bond donors (Lipinski definition) is 0. The van der Waals surface area contributed by atoms with Crippen LogP contribution in [0.15, 0.2) is 48.5 Å². The van der Waals surface area contributed by atoms with Gasteiger partial charge in [0.25, 0.3) is 0 Å². The predicted octanol–water partition coefficient (Wildman–Crippen LogP) is 11.0. The maximum atomic E-state index is 12.8. The van der Waals surface area contributed by atoms with Gasteiger partial charge in [0.1, 0.15) is 0 Å². The number of benzene rings is 2. The SMILES string of the molecule is CCCCCCCCCCCCOc1ccccc1OC(=O)c1ccc(C(C)OCCCCCCCCC)cc1. The molecule has 0 radical (unpaired) electrons. The number of carbonyl (C=O) groups is 1. The Hall–Kier alpha value is -2.33. The summed E-state index contributed by atoms with van der Waals surface area (Å²) in [6.07, 6.45) is 21.8. The van der Waals surface area contributed by atoms with Gasteiger partial charge in [-0.1, -0.05) is 134 Å². The first-order valence-corrected chi connectivity index (χ1v) is 16.3. The second-order valence-electron chi connectivity index (χ2n) is 11.1. The van der Waals surface area contributed by atoms with Gasteiger partial charge < -0.3 is 14.2 Å². The zero-order valence-electron chi connectivity index (χ0n) is 25.8. The van der Waals surface area contributed by atoms with Crippen molar-refractivity contribution in [1.29, 1.82) is 0 Å². The van der Waals surface area contributed by atoms with Crippen molar-refractivity contribution in [3.05, 3.63) is 59.7 Å². The van der Waals surface area contributed by atoms with Crippen LogP contribution in [-0.4, -0.2) is 19.2 Å². The lowest BCUT2D eigenvalue weighted by atomic mass is 10.1. The fourth-order valence-electron chi connectivity index (χ4n) is 4.89.